The van der Waals surface area contributed by atoms with Crippen molar-refractivity contribution in [3.8, 4) is 0 Å². The Kier molecular flexibility index (Phi) is 3.68. The van der Waals surface area contributed by atoms with Crippen LogP contribution in [0.25, 0.3) is 10.9 Å². The third-order valence-electron chi connectivity index (χ3n) is 5.33. The van der Waals surface area contributed by atoms with E-state index < -0.39 is 0 Å². The number of benzene rings is 2. The van der Waals surface area contributed by atoms with Crippen molar-refractivity contribution in [2.24, 2.45) is 0 Å². The SMILES string of the molecule is O=C1CCCC2=C1C(c1cccc(Br)c1)c1c(ccc3ncccc13)N2. The molecule has 2 aromatic carbocycles. The van der Waals surface area contributed by atoms with Crippen LogP contribution in [0.2, 0.25) is 0 Å². The summed E-state index contributed by atoms with van der Waals surface area (Å²) in [6.07, 6.45) is 4.29. The third kappa shape index (κ3) is 2.40. The first-order valence-corrected chi connectivity index (χ1v) is 9.68. The third-order valence-corrected chi connectivity index (χ3v) is 5.82. The van der Waals surface area contributed by atoms with Crippen LogP contribution >= 0.6 is 15.9 Å². The first-order chi connectivity index (χ1) is 12.7. The van der Waals surface area contributed by atoms with E-state index >= 15 is 0 Å². The Morgan fingerprint density at radius 3 is 2.88 bits per heavy atom. The average Bonchev–Trinajstić information content (AvgIpc) is 2.66. The topological polar surface area (TPSA) is 42.0 Å². The van der Waals surface area contributed by atoms with Gasteiger partial charge in [-0.3, -0.25) is 9.78 Å². The number of fused-ring (bicyclic) bond motifs is 3. The van der Waals surface area contributed by atoms with Crippen molar-refractivity contribution in [1.82, 2.24) is 4.98 Å². The molecule has 128 valence electrons. The predicted molar refractivity (Wildman–Crippen MR) is 107 cm³/mol. The van der Waals surface area contributed by atoms with Gasteiger partial charge >= 0.3 is 0 Å². The Morgan fingerprint density at radius 2 is 2.00 bits per heavy atom. The molecular formula is C22H17BrN2O. The fourth-order valence-corrected chi connectivity index (χ4v) is 4.67. The van der Waals surface area contributed by atoms with Crippen molar-refractivity contribution in [3.05, 3.63) is 81.6 Å². The average molecular weight is 405 g/mol. The van der Waals surface area contributed by atoms with Gasteiger partial charge < -0.3 is 5.32 Å². The fraction of sp³-hybridized carbons (Fsp3) is 0.182. The highest BCUT2D eigenvalue weighted by Gasteiger charge is 2.36. The molecule has 2 heterocycles. The van der Waals surface area contributed by atoms with Crippen LogP contribution in [0.5, 0.6) is 0 Å². The van der Waals surface area contributed by atoms with Crippen LogP contribution in [0.3, 0.4) is 0 Å². The van der Waals surface area contributed by atoms with E-state index in [1.165, 1.54) is 0 Å². The van der Waals surface area contributed by atoms with E-state index in [0.717, 1.165) is 56.3 Å². The molecule has 0 saturated heterocycles. The van der Waals surface area contributed by atoms with Gasteiger partial charge in [-0.1, -0.05) is 34.1 Å². The lowest BCUT2D eigenvalue weighted by Gasteiger charge is -2.34. The van der Waals surface area contributed by atoms with Crippen molar-refractivity contribution >= 4 is 38.3 Å². The zero-order valence-electron chi connectivity index (χ0n) is 14.1. The first-order valence-electron chi connectivity index (χ1n) is 8.89. The van der Waals surface area contributed by atoms with E-state index in [9.17, 15) is 4.79 Å². The minimum atomic E-state index is -0.0561. The molecule has 3 nitrogen and oxygen atoms in total. The highest BCUT2D eigenvalue weighted by Crippen LogP contribution is 2.47. The summed E-state index contributed by atoms with van der Waals surface area (Å²) in [7, 11) is 0. The molecule has 0 amide bonds. The summed E-state index contributed by atoms with van der Waals surface area (Å²) in [5, 5.41) is 4.66. The van der Waals surface area contributed by atoms with Crippen molar-refractivity contribution in [1.29, 1.82) is 0 Å². The summed E-state index contributed by atoms with van der Waals surface area (Å²) in [5.74, 6) is 0.203. The van der Waals surface area contributed by atoms with Crippen LogP contribution in [0.4, 0.5) is 5.69 Å². The quantitative estimate of drug-likeness (QED) is 0.576. The highest BCUT2D eigenvalue weighted by molar-refractivity contribution is 9.10. The molecular weight excluding hydrogens is 388 g/mol. The number of nitrogens with zero attached hydrogens (tertiary/aromatic N) is 1. The Balaban J connectivity index is 1.85. The number of hydrogen-bond donors (Lipinski definition) is 1. The maximum Gasteiger partial charge on any atom is 0.161 e. The zero-order chi connectivity index (χ0) is 17.7. The number of hydrogen-bond acceptors (Lipinski definition) is 3. The lowest BCUT2D eigenvalue weighted by Crippen LogP contribution is -2.27. The van der Waals surface area contributed by atoms with E-state index in [1.54, 1.807) is 0 Å². The van der Waals surface area contributed by atoms with Gasteiger partial charge in [0.05, 0.1) is 5.52 Å². The number of Topliss-reactive ketones (excluding diaryl/α,β-unsaturated/α-hetero) is 1. The van der Waals surface area contributed by atoms with Crippen LogP contribution in [-0.2, 0) is 4.79 Å². The number of rotatable bonds is 1. The van der Waals surface area contributed by atoms with E-state index in [0.29, 0.717) is 6.42 Å². The van der Waals surface area contributed by atoms with Gasteiger partial charge in [-0.2, -0.15) is 0 Å². The Bertz CT molecular complexity index is 1090. The van der Waals surface area contributed by atoms with Crippen LogP contribution < -0.4 is 5.32 Å². The fourth-order valence-electron chi connectivity index (χ4n) is 4.25. The normalized spacial score (nSPS) is 19.1. The number of pyridine rings is 1. The van der Waals surface area contributed by atoms with Gasteiger partial charge in [-0.25, -0.2) is 0 Å². The molecule has 0 fully saturated rings. The molecule has 0 radical (unpaired) electrons. The molecule has 5 rings (SSSR count). The maximum atomic E-state index is 12.9. The molecule has 1 N–H and O–H groups in total. The molecule has 1 aromatic heterocycles. The minimum Gasteiger partial charge on any atom is -0.358 e. The molecule has 1 aliphatic heterocycles. The summed E-state index contributed by atoms with van der Waals surface area (Å²) in [6, 6.07) is 16.5. The second-order valence-electron chi connectivity index (χ2n) is 6.88. The van der Waals surface area contributed by atoms with Crippen molar-refractivity contribution < 1.29 is 4.79 Å². The lowest BCUT2D eigenvalue weighted by molar-refractivity contribution is -0.116. The van der Waals surface area contributed by atoms with Crippen molar-refractivity contribution in [2.45, 2.75) is 25.2 Å². The number of aromatic nitrogens is 1. The van der Waals surface area contributed by atoms with Crippen LogP contribution in [0.1, 0.15) is 36.3 Å². The Hall–Kier alpha value is -2.46. The molecule has 4 heteroatoms. The highest BCUT2D eigenvalue weighted by atomic mass is 79.9. The Labute approximate surface area is 160 Å². The van der Waals surface area contributed by atoms with E-state index in [2.05, 4.69) is 56.6 Å². The van der Waals surface area contributed by atoms with Crippen LogP contribution in [0, 0.1) is 0 Å². The summed E-state index contributed by atoms with van der Waals surface area (Å²) in [4.78, 5) is 17.4. The van der Waals surface area contributed by atoms with Gasteiger partial charge in [0.25, 0.3) is 0 Å². The van der Waals surface area contributed by atoms with Gasteiger partial charge in [0.1, 0.15) is 0 Å². The van der Waals surface area contributed by atoms with Crippen LogP contribution in [-0.4, -0.2) is 10.8 Å². The molecule has 0 saturated carbocycles. The van der Waals surface area contributed by atoms with Crippen molar-refractivity contribution in [3.63, 3.8) is 0 Å². The molecule has 1 atom stereocenters. The number of carbonyl (C=O) groups excluding carboxylic acids is 1. The zero-order valence-corrected chi connectivity index (χ0v) is 15.7. The lowest BCUT2D eigenvalue weighted by atomic mass is 9.74. The molecule has 1 unspecified atom stereocenters. The molecule has 2 aliphatic rings. The van der Waals surface area contributed by atoms with E-state index in [-0.39, 0.29) is 11.7 Å². The van der Waals surface area contributed by atoms with Gasteiger partial charge in [0.2, 0.25) is 0 Å². The number of nitrogens with one attached hydrogen (secondary N) is 1. The standard InChI is InChI=1S/C22H17BrN2O/c23-14-5-1-4-13(12-14)20-21-15-6-3-11-24-16(15)9-10-18(21)25-17-7-2-8-19(26)22(17)20/h1,3-6,9-12,20,25H,2,7-8H2. The molecule has 3 aromatic rings. The smallest absolute Gasteiger partial charge is 0.161 e. The first kappa shape index (κ1) is 15.8. The number of ketones is 1. The number of allylic oxidation sites excluding steroid dienone is 2. The molecule has 26 heavy (non-hydrogen) atoms. The summed E-state index contributed by atoms with van der Waals surface area (Å²) < 4.78 is 1.03. The Morgan fingerprint density at radius 1 is 1.08 bits per heavy atom. The van der Waals surface area contributed by atoms with Crippen molar-refractivity contribution in [2.75, 3.05) is 5.32 Å². The van der Waals surface area contributed by atoms with Gasteiger partial charge in [0.15, 0.2) is 5.78 Å². The molecule has 0 bridgehead atoms. The largest absolute Gasteiger partial charge is 0.358 e. The summed E-state index contributed by atoms with van der Waals surface area (Å²) in [6.45, 7) is 0. The monoisotopic (exact) mass is 404 g/mol. The summed E-state index contributed by atoms with van der Waals surface area (Å²) in [5.41, 5.74) is 6.35. The predicted octanol–water partition coefficient (Wildman–Crippen LogP) is 5.56. The van der Waals surface area contributed by atoms with E-state index in [1.807, 2.05) is 24.4 Å². The summed E-state index contributed by atoms with van der Waals surface area (Å²) >= 11 is 3.59. The van der Waals surface area contributed by atoms with Gasteiger partial charge in [-0.15, -0.1) is 0 Å². The maximum absolute atomic E-state index is 12.9. The van der Waals surface area contributed by atoms with Crippen LogP contribution in [0.15, 0.2) is 70.5 Å². The minimum absolute atomic E-state index is 0.0561. The van der Waals surface area contributed by atoms with Gasteiger partial charge in [-0.05, 0) is 54.3 Å². The molecule has 1 aliphatic carbocycles. The number of anilines is 1. The van der Waals surface area contributed by atoms with E-state index in [4.69, 9.17) is 0 Å². The number of carbonyl (C=O) groups is 1. The number of halogens is 1. The second-order valence-corrected chi connectivity index (χ2v) is 7.79. The second kappa shape index (κ2) is 6.06. The molecule has 0 spiro atoms. The van der Waals surface area contributed by atoms with Gasteiger partial charge in [0, 0.05) is 45.4 Å².